The van der Waals surface area contributed by atoms with Gasteiger partial charge in [0.25, 0.3) is 0 Å². The van der Waals surface area contributed by atoms with E-state index in [9.17, 15) is 13.2 Å². The van der Waals surface area contributed by atoms with Crippen molar-refractivity contribution in [1.82, 2.24) is 0 Å². The lowest BCUT2D eigenvalue weighted by atomic mass is 9.99. The number of carbonyl (C=O) groups is 1. The molecule has 0 radical (unpaired) electrons. The van der Waals surface area contributed by atoms with Gasteiger partial charge in [-0.3, -0.25) is 0 Å². The van der Waals surface area contributed by atoms with Gasteiger partial charge in [0, 0.05) is 25.0 Å². The number of benzene rings is 2. The Balaban J connectivity index is 1.77. The highest BCUT2D eigenvalue weighted by Gasteiger charge is 2.46. The van der Waals surface area contributed by atoms with Crippen molar-refractivity contribution in [2.75, 3.05) is 32.7 Å². The molecule has 1 atom stereocenters. The summed E-state index contributed by atoms with van der Waals surface area (Å²) >= 11 is 0. The molecule has 1 aliphatic heterocycles. The highest BCUT2D eigenvalue weighted by molar-refractivity contribution is 7.91. The maximum Gasteiger partial charge on any atom is 0.337 e. The van der Waals surface area contributed by atoms with E-state index in [1.165, 1.54) is 19.2 Å². The second kappa shape index (κ2) is 9.93. The summed E-state index contributed by atoms with van der Waals surface area (Å²) in [6, 6.07) is 15.0. The van der Waals surface area contributed by atoms with Gasteiger partial charge in [-0.15, -0.1) is 0 Å². The standard InChI is InChI=1S/C22H25NO7S/c1-28-21(25)22(12-15-31(26,27)19-6-3-2-4-7-19)16-30-20(23-22)17-8-10-18(11-9-17)29-14-5-13-24/h2-4,6-11,24H,5,12-16H2,1H3/t22-/m1/s1. The Labute approximate surface area is 181 Å². The molecule has 166 valence electrons. The molecule has 0 fully saturated rings. The Bertz CT molecular complexity index is 1020. The molecule has 0 amide bonds. The van der Waals surface area contributed by atoms with Gasteiger partial charge in [-0.05, 0) is 36.4 Å². The fraction of sp³-hybridized carbons (Fsp3) is 0.364. The Morgan fingerprint density at radius 1 is 1.16 bits per heavy atom. The maximum absolute atomic E-state index is 12.7. The summed E-state index contributed by atoms with van der Waals surface area (Å²) in [6.07, 6.45) is 0.466. The van der Waals surface area contributed by atoms with Crippen LogP contribution in [0.25, 0.3) is 0 Å². The van der Waals surface area contributed by atoms with Gasteiger partial charge in [0.15, 0.2) is 15.4 Å². The average molecular weight is 448 g/mol. The summed E-state index contributed by atoms with van der Waals surface area (Å²) < 4.78 is 41.4. The highest BCUT2D eigenvalue weighted by Crippen LogP contribution is 2.29. The van der Waals surface area contributed by atoms with Crippen LogP contribution in [0.4, 0.5) is 0 Å². The number of esters is 1. The molecule has 0 spiro atoms. The lowest BCUT2D eigenvalue weighted by Gasteiger charge is -2.20. The van der Waals surface area contributed by atoms with Crippen LogP contribution in [0.15, 0.2) is 64.5 Å². The molecule has 2 aromatic rings. The molecule has 0 bridgehead atoms. The van der Waals surface area contributed by atoms with Crippen LogP contribution < -0.4 is 4.74 Å². The predicted molar refractivity (Wildman–Crippen MR) is 114 cm³/mol. The predicted octanol–water partition coefficient (Wildman–Crippen LogP) is 2.00. The van der Waals surface area contributed by atoms with Gasteiger partial charge < -0.3 is 19.3 Å². The number of methoxy groups -OCH3 is 1. The first-order valence-corrected chi connectivity index (χ1v) is 11.5. The summed E-state index contributed by atoms with van der Waals surface area (Å²) in [5.41, 5.74) is -0.798. The number of hydrogen-bond acceptors (Lipinski definition) is 8. The van der Waals surface area contributed by atoms with Gasteiger partial charge in [0.05, 0.1) is 24.4 Å². The average Bonchev–Trinajstić information content (AvgIpc) is 3.24. The summed E-state index contributed by atoms with van der Waals surface area (Å²) in [5, 5.41) is 8.82. The molecular weight excluding hydrogens is 422 g/mol. The minimum Gasteiger partial charge on any atom is -0.494 e. The van der Waals surface area contributed by atoms with E-state index < -0.39 is 21.3 Å². The molecule has 3 rings (SSSR count). The van der Waals surface area contributed by atoms with Crippen molar-refractivity contribution < 1.29 is 32.5 Å². The summed E-state index contributed by atoms with van der Waals surface area (Å²) in [4.78, 5) is 17.2. The SMILES string of the molecule is COC(=O)[C@@]1(CCS(=O)(=O)c2ccccc2)COC(c2ccc(OCCCO)cc2)=N1. The third-order valence-corrected chi connectivity index (χ3v) is 6.62. The lowest BCUT2D eigenvalue weighted by Crippen LogP contribution is -2.41. The van der Waals surface area contributed by atoms with E-state index in [4.69, 9.17) is 19.3 Å². The van der Waals surface area contributed by atoms with Gasteiger partial charge in [-0.25, -0.2) is 18.2 Å². The minimum atomic E-state index is -3.59. The van der Waals surface area contributed by atoms with Crippen LogP contribution in [0.5, 0.6) is 5.75 Å². The van der Waals surface area contributed by atoms with Crippen LogP contribution in [0.2, 0.25) is 0 Å². The van der Waals surface area contributed by atoms with Gasteiger partial charge in [-0.2, -0.15) is 0 Å². The zero-order valence-corrected chi connectivity index (χ0v) is 18.0. The smallest absolute Gasteiger partial charge is 0.337 e. The Morgan fingerprint density at radius 3 is 2.52 bits per heavy atom. The molecule has 0 aliphatic carbocycles. The summed E-state index contributed by atoms with van der Waals surface area (Å²) in [5.74, 6) is -0.0488. The molecule has 9 heteroatoms. The molecule has 0 saturated carbocycles. The lowest BCUT2D eigenvalue weighted by molar-refractivity contribution is -0.147. The highest BCUT2D eigenvalue weighted by atomic mass is 32.2. The number of aliphatic imine (C=N–C) groups is 1. The first-order valence-electron chi connectivity index (χ1n) is 9.83. The topological polar surface area (TPSA) is 111 Å². The van der Waals surface area contributed by atoms with Crippen LogP contribution in [0.1, 0.15) is 18.4 Å². The largest absolute Gasteiger partial charge is 0.494 e. The fourth-order valence-electron chi connectivity index (χ4n) is 3.12. The number of sulfone groups is 1. The molecule has 1 N–H and O–H groups in total. The van der Waals surface area contributed by atoms with Gasteiger partial charge >= 0.3 is 5.97 Å². The first kappa shape index (κ1) is 22.8. The van der Waals surface area contributed by atoms with E-state index >= 15 is 0 Å². The maximum atomic E-state index is 12.7. The molecular formula is C22H25NO7S. The second-order valence-corrected chi connectivity index (χ2v) is 9.17. The Morgan fingerprint density at radius 2 is 1.87 bits per heavy atom. The number of aliphatic hydroxyl groups excluding tert-OH is 1. The normalized spacial score (nSPS) is 18.2. The zero-order chi connectivity index (χ0) is 22.3. The number of aliphatic hydroxyl groups is 1. The molecule has 2 aromatic carbocycles. The minimum absolute atomic E-state index is 0.0539. The Kier molecular flexibility index (Phi) is 7.29. The van der Waals surface area contributed by atoms with Crippen LogP contribution in [-0.4, -0.2) is 63.6 Å². The fourth-order valence-corrected chi connectivity index (χ4v) is 4.53. The van der Waals surface area contributed by atoms with Crippen LogP contribution in [-0.2, 0) is 24.1 Å². The monoisotopic (exact) mass is 447 g/mol. The molecule has 1 aliphatic rings. The quantitative estimate of drug-likeness (QED) is 0.438. The van der Waals surface area contributed by atoms with Crippen molar-refractivity contribution in [2.45, 2.75) is 23.3 Å². The van der Waals surface area contributed by atoms with Crippen molar-refractivity contribution in [2.24, 2.45) is 4.99 Å². The number of hydrogen-bond donors (Lipinski definition) is 1. The van der Waals surface area contributed by atoms with Gasteiger partial charge in [-0.1, -0.05) is 18.2 Å². The number of nitrogens with zero attached hydrogens (tertiary/aromatic N) is 1. The van der Waals surface area contributed by atoms with E-state index in [1.54, 1.807) is 42.5 Å². The molecule has 8 nitrogen and oxygen atoms in total. The summed E-state index contributed by atoms with van der Waals surface area (Å²) in [7, 11) is -2.36. The molecule has 1 heterocycles. The third kappa shape index (κ3) is 5.42. The molecule has 0 aromatic heterocycles. The third-order valence-electron chi connectivity index (χ3n) is 4.89. The van der Waals surface area contributed by atoms with E-state index in [1.807, 2.05) is 0 Å². The zero-order valence-electron chi connectivity index (χ0n) is 17.2. The van der Waals surface area contributed by atoms with Crippen molar-refractivity contribution in [3.05, 3.63) is 60.2 Å². The number of carbonyl (C=O) groups excluding carboxylic acids is 1. The molecule has 31 heavy (non-hydrogen) atoms. The van der Waals surface area contributed by atoms with Gasteiger partial charge in [0.2, 0.25) is 5.90 Å². The second-order valence-electron chi connectivity index (χ2n) is 7.06. The number of rotatable bonds is 10. The van der Waals surface area contributed by atoms with Crippen molar-refractivity contribution >= 4 is 21.7 Å². The summed E-state index contributed by atoms with van der Waals surface area (Å²) in [6.45, 7) is 0.348. The first-order chi connectivity index (χ1) is 14.9. The Hall–Kier alpha value is -2.91. The number of ether oxygens (including phenoxy) is 3. The van der Waals surface area contributed by atoms with Crippen molar-refractivity contribution in [3.8, 4) is 5.75 Å². The van der Waals surface area contributed by atoms with E-state index in [0.29, 0.717) is 24.3 Å². The van der Waals surface area contributed by atoms with E-state index in [0.717, 1.165) is 0 Å². The van der Waals surface area contributed by atoms with E-state index in [-0.39, 0.29) is 36.2 Å². The molecule has 0 unspecified atom stereocenters. The van der Waals surface area contributed by atoms with E-state index in [2.05, 4.69) is 4.99 Å². The van der Waals surface area contributed by atoms with Crippen LogP contribution in [0, 0.1) is 0 Å². The van der Waals surface area contributed by atoms with Crippen LogP contribution >= 0.6 is 0 Å². The van der Waals surface area contributed by atoms with Gasteiger partial charge in [0.1, 0.15) is 12.4 Å². The van der Waals surface area contributed by atoms with Crippen molar-refractivity contribution in [1.29, 1.82) is 0 Å². The molecule has 0 saturated heterocycles. The van der Waals surface area contributed by atoms with Crippen LogP contribution in [0.3, 0.4) is 0 Å². The van der Waals surface area contributed by atoms with Crippen molar-refractivity contribution in [3.63, 3.8) is 0 Å².